The molecule has 0 bridgehead atoms. The predicted molar refractivity (Wildman–Crippen MR) is 107 cm³/mol. The number of nitrogens with two attached hydrogens (primary N) is 1. The smallest absolute Gasteiger partial charge is 0.169 e. The van der Waals surface area contributed by atoms with Gasteiger partial charge in [-0.1, -0.05) is 82.6 Å². The maximum absolute atomic E-state index is 9.25. The molecule has 1 aromatic rings. The molecular weight excluding hydrogens is 310 g/mol. The summed E-state index contributed by atoms with van der Waals surface area (Å²) in [4.78, 5) is 0. The average molecular weight is 350 g/mol. The van der Waals surface area contributed by atoms with Gasteiger partial charge >= 0.3 is 0 Å². The van der Waals surface area contributed by atoms with Gasteiger partial charge in [0.1, 0.15) is 0 Å². The first kappa shape index (κ1) is 22.1. The maximum atomic E-state index is 9.25. The summed E-state index contributed by atoms with van der Waals surface area (Å²) in [5.41, 5.74) is 7.52. The van der Waals surface area contributed by atoms with Crippen molar-refractivity contribution in [3.8, 4) is 0 Å². The van der Waals surface area contributed by atoms with Crippen molar-refractivity contribution in [3.63, 3.8) is 0 Å². The number of benzene rings is 1. The largest absolute Gasteiger partial charge is 0.367 e. The summed E-state index contributed by atoms with van der Waals surface area (Å²) in [6.45, 7) is 3.94. The zero-order valence-electron chi connectivity index (χ0n) is 16.3. The Morgan fingerprint density at radius 1 is 0.800 bits per heavy atom. The Kier molecular flexibility index (Phi) is 11.0. The summed E-state index contributed by atoms with van der Waals surface area (Å²) in [5, 5.41) is 18.5. The summed E-state index contributed by atoms with van der Waals surface area (Å²) < 4.78 is 0. The fourth-order valence-corrected chi connectivity index (χ4v) is 3.06. The molecule has 0 heterocycles. The van der Waals surface area contributed by atoms with Crippen molar-refractivity contribution in [2.45, 2.75) is 103 Å². The molecule has 0 amide bonds. The highest BCUT2D eigenvalue weighted by Crippen LogP contribution is 2.16. The SMILES string of the molecule is CCCCCCCCCCCc1ccc(CCC(C)(N)C(O)O)cc1. The third-order valence-corrected chi connectivity index (χ3v) is 5.13. The maximum Gasteiger partial charge on any atom is 0.169 e. The molecule has 1 aromatic carbocycles. The van der Waals surface area contributed by atoms with E-state index >= 15 is 0 Å². The molecule has 0 aliphatic heterocycles. The minimum absolute atomic E-state index is 0.558. The summed E-state index contributed by atoms with van der Waals surface area (Å²) in [5.74, 6) is 0. The monoisotopic (exact) mass is 349 g/mol. The van der Waals surface area contributed by atoms with E-state index in [4.69, 9.17) is 5.73 Å². The summed E-state index contributed by atoms with van der Waals surface area (Å²) in [7, 11) is 0. The van der Waals surface area contributed by atoms with Crippen LogP contribution in [0.4, 0.5) is 0 Å². The number of unbranched alkanes of at least 4 members (excludes halogenated alkanes) is 8. The van der Waals surface area contributed by atoms with Crippen LogP contribution in [-0.2, 0) is 12.8 Å². The number of hydrogen-bond acceptors (Lipinski definition) is 3. The molecule has 144 valence electrons. The van der Waals surface area contributed by atoms with Gasteiger partial charge in [0.15, 0.2) is 6.29 Å². The third-order valence-electron chi connectivity index (χ3n) is 5.13. The normalized spacial score (nSPS) is 14.0. The molecule has 1 unspecified atom stereocenters. The standard InChI is InChI=1S/C22H39NO2/c1-3-4-5-6-7-8-9-10-11-12-19-13-15-20(16-14-19)17-18-22(2,23)21(24)25/h13-16,21,24-25H,3-12,17-18,23H2,1-2H3. The fraction of sp³-hybridized carbons (Fsp3) is 0.727. The van der Waals surface area contributed by atoms with Crippen LogP contribution < -0.4 is 5.73 Å². The van der Waals surface area contributed by atoms with E-state index in [0.29, 0.717) is 6.42 Å². The van der Waals surface area contributed by atoms with Gasteiger partial charge in [0, 0.05) is 0 Å². The minimum Gasteiger partial charge on any atom is -0.367 e. The van der Waals surface area contributed by atoms with Gasteiger partial charge in [-0.3, -0.25) is 0 Å². The van der Waals surface area contributed by atoms with Crippen LogP contribution in [0.1, 0.15) is 89.2 Å². The Bertz CT molecular complexity index is 440. The van der Waals surface area contributed by atoms with Crippen LogP contribution in [0, 0.1) is 0 Å². The zero-order valence-corrected chi connectivity index (χ0v) is 16.3. The fourth-order valence-electron chi connectivity index (χ4n) is 3.06. The lowest BCUT2D eigenvalue weighted by Gasteiger charge is -2.26. The van der Waals surface area contributed by atoms with Crippen molar-refractivity contribution in [2.75, 3.05) is 0 Å². The number of rotatable bonds is 14. The molecule has 0 radical (unpaired) electrons. The van der Waals surface area contributed by atoms with Gasteiger partial charge in [-0.25, -0.2) is 0 Å². The van der Waals surface area contributed by atoms with Crippen molar-refractivity contribution in [2.24, 2.45) is 5.73 Å². The lowest BCUT2D eigenvalue weighted by Crippen LogP contribution is -2.48. The molecule has 3 nitrogen and oxygen atoms in total. The molecule has 0 aliphatic rings. The highest BCUT2D eigenvalue weighted by molar-refractivity contribution is 5.23. The molecule has 1 atom stereocenters. The highest BCUT2D eigenvalue weighted by Gasteiger charge is 2.26. The molecule has 0 saturated heterocycles. The molecule has 0 spiro atoms. The minimum atomic E-state index is -1.47. The Labute approximate surface area is 154 Å². The topological polar surface area (TPSA) is 66.5 Å². The first-order valence-electron chi connectivity index (χ1n) is 10.2. The van der Waals surface area contributed by atoms with Crippen LogP contribution in [0.5, 0.6) is 0 Å². The quantitative estimate of drug-likeness (QED) is 0.336. The van der Waals surface area contributed by atoms with E-state index in [9.17, 15) is 10.2 Å². The lowest BCUT2D eigenvalue weighted by atomic mass is 9.93. The van der Waals surface area contributed by atoms with E-state index in [1.165, 1.54) is 68.9 Å². The zero-order chi connectivity index (χ0) is 18.5. The number of aliphatic hydroxyl groups excluding tert-OH is 1. The van der Waals surface area contributed by atoms with Gasteiger partial charge in [-0.15, -0.1) is 0 Å². The van der Waals surface area contributed by atoms with Crippen molar-refractivity contribution >= 4 is 0 Å². The summed E-state index contributed by atoms with van der Waals surface area (Å²) in [6.07, 6.45) is 13.3. The van der Waals surface area contributed by atoms with Crippen molar-refractivity contribution < 1.29 is 10.2 Å². The second-order valence-electron chi connectivity index (χ2n) is 7.77. The molecule has 4 N–H and O–H groups in total. The Hall–Kier alpha value is -0.900. The third kappa shape index (κ3) is 9.98. The van der Waals surface area contributed by atoms with E-state index in [1.54, 1.807) is 6.92 Å². The predicted octanol–water partition coefficient (Wildman–Crippen LogP) is 4.72. The van der Waals surface area contributed by atoms with Crippen LogP contribution >= 0.6 is 0 Å². The Morgan fingerprint density at radius 2 is 1.24 bits per heavy atom. The van der Waals surface area contributed by atoms with Gasteiger partial charge in [0.2, 0.25) is 0 Å². The van der Waals surface area contributed by atoms with Crippen molar-refractivity contribution in [1.29, 1.82) is 0 Å². The molecule has 25 heavy (non-hydrogen) atoms. The van der Waals surface area contributed by atoms with Crippen molar-refractivity contribution in [3.05, 3.63) is 35.4 Å². The van der Waals surface area contributed by atoms with Crippen LogP contribution in [0.25, 0.3) is 0 Å². The Balaban J connectivity index is 2.14. The lowest BCUT2D eigenvalue weighted by molar-refractivity contribution is -0.0927. The van der Waals surface area contributed by atoms with Crippen LogP contribution in [0.2, 0.25) is 0 Å². The van der Waals surface area contributed by atoms with E-state index in [0.717, 1.165) is 12.8 Å². The highest BCUT2D eigenvalue weighted by atomic mass is 16.5. The summed E-state index contributed by atoms with van der Waals surface area (Å²) in [6, 6.07) is 8.68. The second-order valence-corrected chi connectivity index (χ2v) is 7.77. The number of hydrogen-bond donors (Lipinski definition) is 3. The van der Waals surface area contributed by atoms with Gasteiger partial charge in [-0.05, 0) is 43.7 Å². The van der Waals surface area contributed by atoms with Crippen molar-refractivity contribution in [1.82, 2.24) is 0 Å². The first-order chi connectivity index (χ1) is 12.0. The van der Waals surface area contributed by atoms with Gasteiger partial charge < -0.3 is 15.9 Å². The van der Waals surface area contributed by atoms with E-state index in [1.807, 2.05) is 0 Å². The first-order valence-corrected chi connectivity index (χ1v) is 10.2. The van der Waals surface area contributed by atoms with E-state index in [-0.39, 0.29) is 0 Å². The molecule has 0 saturated carbocycles. The van der Waals surface area contributed by atoms with Gasteiger partial charge in [0.05, 0.1) is 5.54 Å². The van der Waals surface area contributed by atoms with E-state index < -0.39 is 11.8 Å². The number of aryl methyl sites for hydroxylation is 2. The molecule has 1 rings (SSSR count). The molecule has 3 heteroatoms. The van der Waals surface area contributed by atoms with Gasteiger partial charge in [0.25, 0.3) is 0 Å². The van der Waals surface area contributed by atoms with E-state index in [2.05, 4.69) is 31.2 Å². The Morgan fingerprint density at radius 3 is 1.72 bits per heavy atom. The van der Waals surface area contributed by atoms with Crippen LogP contribution in [0.3, 0.4) is 0 Å². The number of aliphatic hydroxyl groups is 2. The summed E-state index contributed by atoms with van der Waals surface area (Å²) >= 11 is 0. The van der Waals surface area contributed by atoms with Crippen LogP contribution in [0.15, 0.2) is 24.3 Å². The second kappa shape index (κ2) is 12.5. The average Bonchev–Trinajstić information content (AvgIpc) is 2.59. The molecule has 0 aromatic heterocycles. The van der Waals surface area contributed by atoms with Gasteiger partial charge in [-0.2, -0.15) is 0 Å². The van der Waals surface area contributed by atoms with Crippen LogP contribution in [-0.4, -0.2) is 22.0 Å². The molecular formula is C22H39NO2. The molecule has 0 aliphatic carbocycles. The molecule has 0 fully saturated rings.